The van der Waals surface area contributed by atoms with Crippen LogP contribution in [-0.2, 0) is 20.9 Å². The molecule has 0 saturated carbocycles. The number of carbonyl (C=O) groups excluding carboxylic acids is 2. The molecule has 0 spiro atoms. The maximum atomic E-state index is 13.2. The minimum Gasteiger partial charge on any atom is -0.495 e. The fourth-order valence-electron chi connectivity index (χ4n) is 4.85. The molecule has 4 aromatic rings. The largest absolute Gasteiger partial charge is 0.495 e. The molecule has 0 saturated heterocycles. The molecule has 0 bridgehead atoms. The van der Waals surface area contributed by atoms with Crippen LogP contribution in [-0.4, -0.2) is 50.0 Å². The second-order valence-electron chi connectivity index (χ2n) is 13.0. The van der Waals surface area contributed by atoms with Crippen molar-refractivity contribution in [3.8, 4) is 22.9 Å². The van der Waals surface area contributed by atoms with Crippen LogP contribution in [0.25, 0.3) is 11.4 Å². The predicted molar refractivity (Wildman–Crippen MR) is 196 cm³/mol. The first-order valence-corrected chi connectivity index (χ1v) is 18.7. The van der Waals surface area contributed by atoms with E-state index in [-0.39, 0.29) is 38.0 Å². The number of urea groups is 1. The monoisotopic (exact) mass is 722 g/mol. The average molecular weight is 723 g/mol. The van der Waals surface area contributed by atoms with E-state index < -0.39 is 22.0 Å². The topological polar surface area (TPSA) is 161 Å². The van der Waals surface area contributed by atoms with Gasteiger partial charge in [-0.2, -0.15) is 9.36 Å². The van der Waals surface area contributed by atoms with Gasteiger partial charge in [0.15, 0.2) is 5.82 Å². The van der Waals surface area contributed by atoms with Crippen LogP contribution >= 0.6 is 11.5 Å². The molecule has 4 rings (SSSR count). The number of hydrogen-bond acceptors (Lipinski definition) is 10. The van der Waals surface area contributed by atoms with Crippen LogP contribution in [0.3, 0.4) is 0 Å². The lowest BCUT2D eigenvalue weighted by Gasteiger charge is -2.30. The number of rotatable bonds is 16. The molecule has 0 atom stereocenters. The Morgan fingerprint density at radius 1 is 0.900 bits per heavy atom. The number of benzene rings is 3. The predicted octanol–water partition coefficient (Wildman–Crippen LogP) is 6.80. The van der Waals surface area contributed by atoms with Crippen LogP contribution in [0.4, 0.5) is 9.93 Å². The van der Waals surface area contributed by atoms with Crippen LogP contribution in [0.5, 0.6) is 11.5 Å². The van der Waals surface area contributed by atoms with Crippen LogP contribution in [0.15, 0.2) is 71.6 Å². The van der Waals surface area contributed by atoms with E-state index in [1.807, 2.05) is 0 Å². The molecular weight excluding hydrogens is 677 g/mol. The molecule has 0 radical (unpaired) electrons. The molecule has 14 heteroatoms. The summed E-state index contributed by atoms with van der Waals surface area (Å²) in [5.74, 6) is 0.338. The second kappa shape index (κ2) is 16.3. The molecule has 0 fully saturated rings. The number of nitrogens with zero attached hydrogens (tertiary/aromatic N) is 2. The van der Waals surface area contributed by atoms with Gasteiger partial charge in [0, 0.05) is 34.8 Å². The summed E-state index contributed by atoms with van der Waals surface area (Å²) in [7, 11) is -2.98. The van der Waals surface area contributed by atoms with Crippen molar-refractivity contribution in [2.45, 2.75) is 76.5 Å². The summed E-state index contributed by atoms with van der Waals surface area (Å²) in [6.07, 6.45) is 2.61. The number of hydrogen-bond donors (Lipinski definition) is 4. The van der Waals surface area contributed by atoms with Crippen LogP contribution in [0, 0.1) is 0 Å². The fourth-order valence-corrected chi connectivity index (χ4v) is 6.57. The fraction of sp³-hybridized carbons (Fsp3) is 0.389. The summed E-state index contributed by atoms with van der Waals surface area (Å²) in [6.45, 7) is 14.2. The van der Waals surface area contributed by atoms with Gasteiger partial charge in [0.2, 0.25) is 5.13 Å². The van der Waals surface area contributed by atoms with Crippen LogP contribution < -0.4 is 30.4 Å². The van der Waals surface area contributed by atoms with Crippen LogP contribution in [0.2, 0.25) is 0 Å². The first kappa shape index (κ1) is 38.1. The van der Waals surface area contributed by atoms with E-state index in [1.54, 1.807) is 24.3 Å². The highest BCUT2D eigenvalue weighted by Crippen LogP contribution is 2.38. The Morgan fingerprint density at radius 3 is 2.28 bits per heavy atom. The van der Waals surface area contributed by atoms with Crippen molar-refractivity contribution in [3.63, 3.8) is 0 Å². The molecule has 0 unspecified atom stereocenters. The van der Waals surface area contributed by atoms with E-state index in [4.69, 9.17) is 9.47 Å². The van der Waals surface area contributed by atoms with Gasteiger partial charge < -0.3 is 14.8 Å². The number of methoxy groups -OCH3 is 1. The Labute approximate surface area is 298 Å². The van der Waals surface area contributed by atoms with Crippen molar-refractivity contribution >= 4 is 38.6 Å². The Balaban J connectivity index is 1.30. The Morgan fingerprint density at radius 2 is 1.60 bits per heavy atom. The van der Waals surface area contributed by atoms with Crippen molar-refractivity contribution in [3.05, 3.63) is 83.4 Å². The first-order valence-electron chi connectivity index (χ1n) is 16.4. The second-order valence-corrected chi connectivity index (χ2v) is 15.4. The zero-order valence-corrected chi connectivity index (χ0v) is 31.2. The average Bonchev–Trinajstić information content (AvgIpc) is 3.59. The van der Waals surface area contributed by atoms with Gasteiger partial charge in [-0.05, 0) is 72.1 Å². The highest BCUT2D eigenvalue weighted by atomic mass is 32.2. The molecule has 0 aliphatic heterocycles. The third-order valence-corrected chi connectivity index (χ3v) is 10.8. The van der Waals surface area contributed by atoms with E-state index >= 15 is 0 Å². The smallest absolute Gasteiger partial charge is 0.333 e. The lowest BCUT2D eigenvalue weighted by molar-refractivity contribution is 0.0981. The van der Waals surface area contributed by atoms with Gasteiger partial charge in [-0.3, -0.25) is 10.2 Å². The van der Waals surface area contributed by atoms with E-state index in [0.29, 0.717) is 25.1 Å². The first-order chi connectivity index (χ1) is 23.7. The maximum Gasteiger partial charge on any atom is 0.333 e. The molecule has 1 aromatic heterocycles. The van der Waals surface area contributed by atoms with Crippen molar-refractivity contribution in [1.82, 2.24) is 24.8 Å². The van der Waals surface area contributed by atoms with Crippen LogP contribution in [0.1, 0.15) is 82.3 Å². The quantitative estimate of drug-likeness (QED) is 0.0720. The number of sulfonamides is 1. The molecule has 268 valence electrons. The van der Waals surface area contributed by atoms with Crippen molar-refractivity contribution in [2.24, 2.45) is 0 Å². The van der Waals surface area contributed by atoms with Crippen molar-refractivity contribution in [1.29, 1.82) is 0 Å². The molecule has 3 amide bonds. The summed E-state index contributed by atoms with van der Waals surface area (Å²) >= 11 is 0.971. The lowest BCUT2D eigenvalue weighted by Crippen LogP contribution is -2.39. The molecule has 3 aromatic carbocycles. The SMILES string of the molecule is CCC(C)(C)c1ccc(OCCCNC(=O)NNc2nc(-c3ccc(OC)c(S(=O)(=O)NC(=O)c4ccccc4)c3)ns2)c(C(C)(C)CC)c1. The molecule has 4 N–H and O–H groups in total. The lowest BCUT2D eigenvalue weighted by atomic mass is 9.76. The maximum absolute atomic E-state index is 13.2. The number of carbonyl (C=O) groups is 2. The number of hydrazine groups is 1. The number of aromatic nitrogens is 2. The highest BCUT2D eigenvalue weighted by Gasteiger charge is 2.27. The van der Waals surface area contributed by atoms with Gasteiger partial charge in [0.25, 0.3) is 15.9 Å². The number of anilines is 1. The normalized spacial score (nSPS) is 11.8. The highest BCUT2D eigenvalue weighted by molar-refractivity contribution is 7.90. The summed E-state index contributed by atoms with van der Waals surface area (Å²) in [6, 6.07) is 18.4. The third kappa shape index (κ3) is 9.51. The summed E-state index contributed by atoms with van der Waals surface area (Å²) in [4.78, 5) is 29.1. The molecular formula is C36H46N6O6S2. The van der Waals surface area contributed by atoms with Gasteiger partial charge in [0.05, 0.1) is 13.7 Å². The Hall–Kier alpha value is -4.69. The minimum absolute atomic E-state index is 0.0404. The number of ether oxygens (including phenoxy) is 2. The zero-order chi connectivity index (χ0) is 36.5. The minimum atomic E-state index is -4.31. The number of amides is 3. The van der Waals surface area contributed by atoms with E-state index in [9.17, 15) is 18.0 Å². The van der Waals surface area contributed by atoms with E-state index in [2.05, 4.69) is 90.0 Å². The van der Waals surface area contributed by atoms with Gasteiger partial charge in [0.1, 0.15) is 16.4 Å². The van der Waals surface area contributed by atoms with Crippen molar-refractivity contribution in [2.75, 3.05) is 25.7 Å². The van der Waals surface area contributed by atoms with E-state index in [0.717, 1.165) is 30.1 Å². The van der Waals surface area contributed by atoms with Gasteiger partial charge in [-0.1, -0.05) is 71.9 Å². The molecule has 12 nitrogen and oxygen atoms in total. The molecule has 1 heterocycles. The summed E-state index contributed by atoms with van der Waals surface area (Å²) in [5.41, 5.74) is 8.31. The Kier molecular flexibility index (Phi) is 12.5. The van der Waals surface area contributed by atoms with Gasteiger partial charge in [-0.15, -0.1) is 0 Å². The zero-order valence-electron chi connectivity index (χ0n) is 29.5. The summed E-state index contributed by atoms with van der Waals surface area (Å²) in [5, 5.41) is 3.06. The molecule has 50 heavy (non-hydrogen) atoms. The standard InChI is InChI=1S/C36H46N6O6S2/c1-8-35(3,4)26-17-19-28(27(23-26)36(5,6)9-2)48-21-13-20-37-33(44)39-40-34-38-31(41-49-34)25-16-18-29(47-7)30(22-25)50(45,46)42-32(43)24-14-11-10-12-15-24/h10-12,14-19,22-23H,8-9,13,20-21H2,1-7H3,(H,42,43)(H2,37,39,44)(H,38,40,41). The van der Waals surface area contributed by atoms with Crippen molar-refractivity contribution < 1.29 is 27.5 Å². The third-order valence-electron chi connectivity index (χ3n) is 8.81. The van der Waals surface area contributed by atoms with Gasteiger partial charge >= 0.3 is 6.03 Å². The Bertz CT molecular complexity index is 1890. The van der Waals surface area contributed by atoms with Gasteiger partial charge in [-0.25, -0.2) is 23.4 Å². The number of nitrogens with one attached hydrogen (secondary N) is 4. The molecule has 0 aliphatic carbocycles. The van der Waals surface area contributed by atoms with E-state index in [1.165, 1.54) is 42.5 Å². The molecule has 0 aliphatic rings. The summed E-state index contributed by atoms with van der Waals surface area (Å²) < 4.78 is 44.1.